The number of nitrogens with zero attached hydrogens (tertiary/aromatic N) is 1. The minimum Gasteiger partial charge on any atom is -0.474 e. The third kappa shape index (κ3) is 3.95. The summed E-state index contributed by atoms with van der Waals surface area (Å²) < 4.78 is 20.4. The SMILES string of the molecule is COC(=O)c1ccc(O[C@H](C)C(=O)Nc2ccc3c(c2)OCO3)c([N+](=O)[O-])c1. The molecule has 0 bridgehead atoms. The lowest BCUT2D eigenvalue weighted by Crippen LogP contribution is -2.30. The molecule has 2 aromatic rings. The van der Waals surface area contributed by atoms with Crippen molar-refractivity contribution in [2.24, 2.45) is 0 Å². The summed E-state index contributed by atoms with van der Waals surface area (Å²) in [4.78, 5) is 34.5. The maximum Gasteiger partial charge on any atom is 0.338 e. The van der Waals surface area contributed by atoms with Crippen molar-refractivity contribution in [3.63, 3.8) is 0 Å². The van der Waals surface area contributed by atoms with Crippen molar-refractivity contribution >= 4 is 23.3 Å². The molecule has 28 heavy (non-hydrogen) atoms. The lowest BCUT2D eigenvalue weighted by molar-refractivity contribution is -0.386. The Morgan fingerprint density at radius 1 is 1.18 bits per heavy atom. The molecule has 10 nitrogen and oxygen atoms in total. The molecule has 1 heterocycles. The van der Waals surface area contributed by atoms with Gasteiger partial charge in [0, 0.05) is 17.8 Å². The van der Waals surface area contributed by atoms with Crippen LogP contribution in [0.4, 0.5) is 11.4 Å². The van der Waals surface area contributed by atoms with Crippen molar-refractivity contribution in [1.29, 1.82) is 0 Å². The van der Waals surface area contributed by atoms with Crippen molar-refractivity contribution in [2.75, 3.05) is 19.2 Å². The first-order valence-electron chi connectivity index (χ1n) is 8.13. The number of carbonyl (C=O) groups is 2. The average Bonchev–Trinajstić information content (AvgIpc) is 3.15. The van der Waals surface area contributed by atoms with Crippen LogP contribution in [0, 0.1) is 10.1 Å². The minimum absolute atomic E-state index is 0.000913. The van der Waals surface area contributed by atoms with Crippen LogP contribution in [0.1, 0.15) is 17.3 Å². The molecule has 2 aromatic carbocycles. The number of methoxy groups -OCH3 is 1. The van der Waals surface area contributed by atoms with Gasteiger partial charge in [0.2, 0.25) is 6.79 Å². The minimum atomic E-state index is -1.05. The van der Waals surface area contributed by atoms with E-state index in [1.807, 2.05) is 0 Å². The van der Waals surface area contributed by atoms with Gasteiger partial charge < -0.3 is 24.3 Å². The Kier molecular flexibility index (Phi) is 5.30. The first-order valence-corrected chi connectivity index (χ1v) is 8.13. The molecule has 0 spiro atoms. The number of carbonyl (C=O) groups excluding carboxylic acids is 2. The Morgan fingerprint density at radius 2 is 1.93 bits per heavy atom. The number of esters is 1. The second kappa shape index (κ2) is 7.82. The van der Waals surface area contributed by atoms with Gasteiger partial charge in [-0.25, -0.2) is 4.79 Å². The molecular weight excluding hydrogens is 372 g/mol. The van der Waals surface area contributed by atoms with Crippen molar-refractivity contribution in [3.05, 3.63) is 52.1 Å². The van der Waals surface area contributed by atoms with Gasteiger partial charge in [-0.2, -0.15) is 0 Å². The Labute approximate surface area is 159 Å². The number of hydrogen-bond donors (Lipinski definition) is 1. The normalized spacial score (nSPS) is 12.8. The maximum absolute atomic E-state index is 12.4. The molecule has 1 aliphatic rings. The lowest BCUT2D eigenvalue weighted by atomic mass is 10.2. The molecule has 0 aromatic heterocycles. The Balaban J connectivity index is 1.72. The lowest BCUT2D eigenvalue weighted by Gasteiger charge is -2.15. The smallest absolute Gasteiger partial charge is 0.338 e. The van der Waals surface area contributed by atoms with Crippen LogP contribution < -0.4 is 19.5 Å². The third-order valence-corrected chi connectivity index (χ3v) is 3.89. The molecule has 3 rings (SSSR count). The highest BCUT2D eigenvalue weighted by Crippen LogP contribution is 2.34. The summed E-state index contributed by atoms with van der Waals surface area (Å²) in [6.07, 6.45) is -1.05. The van der Waals surface area contributed by atoms with Gasteiger partial charge in [-0.3, -0.25) is 14.9 Å². The van der Waals surface area contributed by atoms with Crippen LogP contribution in [0.3, 0.4) is 0 Å². The molecule has 0 fully saturated rings. The zero-order valence-corrected chi connectivity index (χ0v) is 15.0. The molecule has 0 aliphatic carbocycles. The second-order valence-corrected chi connectivity index (χ2v) is 5.75. The Bertz CT molecular complexity index is 943. The summed E-state index contributed by atoms with van der Waals surface area (Å²) in [5, 5.41) is 13.9. The summed E-state index contributed by atoms with van der Waals surface area (Å²) in [5.41, 5.74) is 0.00452. The van der Waals surface area contributed by atoms with Gasteiger partial charge in [0.25, 0.3) is 5.91 Å². The van der Waals surface area contributed by atoms with Gasteiger partial charge in [-0.15, -0.1) is 0 Å². The molecule has 10 heteroatoms. The van der Waals surface area contributed by atoms with Crippen LogP contribution in [0.15, 0.2) is 36.4 Å². The summed E-state index contributed by atoms with van der Waals surface area (Å²) in [5.74, 6) is -0.316. The fourth-order valence-corrected chi connectivity index (χ4v) is 2.47. The number of fused-ring (bicyclic) bond motifs is 1. The van der Waals surface area contributed by atoms with E-state index in [0.29, 0.717) is 17.2 Å². The average molecular weight is 388 g/mol. The van der Waals surface area contributed by atoms with Crippen molar-refractivity contribution in [3.8, 4) is 17.2 Å². The first-order chi connectivity index (χ1) is 13.4. The van der Waals surface area contributed by atoms with E-state index in [4.69, 9.17) is 14.2 Å². The van der Waals surface area contributed by atoms with Gasteiger partial charge in [0.15, 0.2) is 23.4 Å². The zero-order valence-electron chi connectivity index (χ0n) is 15.0. The number of hydrogen-bond acceptors (Lipinski definition) is 8. The predicted molar refractivity (Wildman–Crippen MR) is 95.7 cm³/mol. The van der Waals surface area contributed by atoms with Gasteiger partial charge in [-0.05, 0) is 31.2 Å². The largest absolute Gasteiger partial charge is 0.474 e. The van der Waals surface area contributed by atoms with Crippen LogP contribution in [-0.2, 0) is 9.53 Å². The van der Waals surface area contributed by atoms with E-state index in [-0.39, 0.29) is 18.1 Å². The molecule has 1 atom stereocenters. The Morgan fingerprint density at radius 3 is 2.64 bits per heavy atom. The summed E-state index contributed by atoms with van der Waals surface area (Å²) >= 11 is 0. The van der Waals surface area contributed by atoms with E-state index in [1.54, 1.807) is 18.2 Å². The van der Waals surface area contributed by atoms with E-state index in [9.17, 15) is 19.7 Å². The molecule has 0 unspecified atom stereocenters. The highest BCUT2D eigenvalue weighted by molar-refractivity contribution is 5.94. The van der Waals surface area contributed by atoms with E-state index >= 15 is 0 Å². The standard InChI is InChI=1S/C18H16N2O8/c1-10(17(21)19-12-4-6-15-16(8-12)27-9-26-15)28-14-5-3-11(18(22)25-2)7-13(14)20(23)24/h3-8,10H,9H2,1-2H3,(H,19,21)/t10-/m1/s1. The van der Waals surface area contributed by atoms with E-state index in [1.165, 1.54) is 26.2 Å². The summed E-state index contributed by atoms with van der Waals surface area (Å²) in [6.45, 7) is 1.55. The fraction of sp³-hybridized carbons (Fsp3) is 0.222. The fourth-order valence-electron chi connectivity index (χ4n) is 2.47. The second-order valence-electron chi connectivity index (χ2n) is 5.75. The van der Waals surface area contributed by atoms with Gasteiger partial charge in [-0.1, -0.05) is 0 Å². The van der Waals surface area contributed by atoms with Gasteiger partial charge in [0.05, 0.1) is 17.6 Å². The van der Waals surface area contributed by atoms with E-state index in [0.717, 1.165) is 6.07 Å². The van der Waals surface area contributed by atoms with Crippen LogP contribution in [-0.4, -0.2) is 36.8 Å². The summed E-state index contributed by atoms with van der Waals surface area (Å²) in [6, 6.07) is 8.47. The number of rotatable bonds is 6. The molecule has 146 valence electrons. The monoisotopic (exact) mass is 388 g/mol. The van der Waals surface area contributed by atoms with E-state index < -0.39 is 28.6 Å². The molecule has 0 saturated carbocycles. The molecule has 1 aliphatic heterocycles. The quantitative estimate of drug-likeness (QED) is 0.454. The number of anilines is 1. The third-order valence-electron chi connectivity index (χ3n) is 3.89. The number of benzene rings is 2. The van der Waals surface area contributed by atoms with Crippen LogP contribution in [0.25, 0.3) is 0 Å². The van der Waals surface area contributed by atoms with Crippen molar-refractivity contribution in [2.45, 2.75) is 13.0 Å². The number of nitro benzene ring substituents is 1. The number of ether oxygens (including phenoxy) is 4. The highest BCUT2D eigenvalue weighted by Gasteiger charge is 2.24. The molecule has 0 radical (unpaired) electrons. The summed E-state index contributed by atoms with van der Waals surface area (Å²) in [7, 11) is 1.17. The molecule has 1 amide bonds. The maximum atomic E-state index is 12.4. The Hall–Kier alpha value is -3.82. The molecular formula is C18H16N2O8. The van der Waals surface area contributed by atoms with Crippen molar-refractivity contribution in [1.82, 2.24) is 0 Å². The topological polar surface area (TPSA) is 126 Å². The first kappa shape index (κ1) is 19.0. The van der Waals surface area contributed by atoms with Crippen molar-refractivity contribution < 1.29 is 33.5 Å². The van der Waals surface area contributed by atoms with Gasteiger partial charge >= 0.3 is 11.7 Å². The van der Waals surface area contributed by atoms with Crippen LogP contribution in [0.2, 0.25) is 0 Å². The van der Waals surface area contributed by atoms with E-state index in [2.05, 4.69) is 10.1 Å². The molecule has 1 N–H and O–H groups in total. The number of amides is 1. The van der Waals surface area contributed by atoms with Crippen LogP contribution >= 0.6 is 0 Å². The van der Waals surface area contributed by atoms with Crippen LogP contribution in [0.5, 0.6) is 17.2 Å². The number of nitrogens with one attached hydrogen (secondary N) is 1. The molecule has 0 saturated heterocycles. The van der Waals surface area contributed by atoms with Gasteiger partial charge in [0.1, 0.15) is 0 Å². The number of nitro groups is 1. The zero-order chi connectivity index (χ0) is 20.3. The highest BCUT2D eigenvalue weighted by atomic mass is 16.7. The predicted octanol–water partition coefficient (Wildman–Crippen LogP) is 2.52.